The highest BCUT2D eigenvalue weighted by molar-refractivity contribution is 5.90. The molecule has 1 atom stereocenters. The largest absolute Gasteiger partial charge is 0.441 e. The SMILES string of the molecule is CCCOC1(O)COC(=O)N1c1ccccc1. The van der Waals surface area contributed by atoms with Crippen molar-refractivity contribution in [2.75, 3.05) is 18.1 Å². The number of amides is 1. The zero-order valence-electron chi connectivity index (χ0n) is 9.63. The number of para-hydroxylation sites is 1. The smallest absolute Gasteiger partial charge is 0.418 e. The lowest BCUT2D eigenvalue weighted by atomic mass is 10.3. The Hall–Kier alpha value is -1.59. The lowest BCUT2D eigenvalue weighted by Gasteiger charge is -2.29. The van der Waals surface area contributed by atoms with Crippen LogP contribution >= 0.6 is 0 Å². The zero-order chi connectivity index (χ0) is 12.3. The number of hydrogen-bond donors (Lipinski definition) is 1. The van der Waals surface area contributed by atoms with E-state index in [0.717, 1.165) is 11.3 Å². The molecule has 5 heteroatoms. The minimum absolute atomic E-state index is 0.180. The van der Waals surface area contributed by atoms with E-state index in [1.54, 1.807) is 24.3 Å². The third kappa shape index (κ3) is 2.25. The molecular weight excluding hydrogens is 222 g/mol. The molecule has 0 saturated carbocycles. The first-order chi connectivity index (χ1) is 8.17. The van der Waals surface area contributed by atoms with Crippen molar-refractivity contribution in [1.82, 2.24) is 0 Å². The molecule has 1 aromatic carbocycles. The predicted molar refractivity (Wildman–Crippen MR) is 61.5 cm³/mol. The standard InChI is InChI=1S/C12H15NO4/c1-2-8-17-12(15)9-16-11(14)13(12)10-6-4-3-5-7-10/h3-7,15H,2,8-9H2,1H3. The zero-order valence-corrected chi connectivity index (χ0v) is 9.63. The molecule has 5 nitrogen and oxygen atoms in total. The summed E-state index contributed by atoms with van der Waals surface area (Å²) in [4.78, 5) is 12.7. The molecule has 0 radical (unpaired) electrons. The summed E-state index contributed by atoms with van der Waals surface area (Å²) >= 11 is 0. The van der Waals surface area contributed by atoms with Crippen molar-refractivity contribution in [1.29, 1.82) is 0 Å². The number of carbonyl (C=O) groups excluding carboxylic acids is 1. The molecule has 92 valence electrons. The van der Waals surface area contributed by atoms with E-state index in [0.29, 0.717) is 12.3 Å². The summed E-state index contributed by atoms with van der Waals surface area (Å²) in [6.45, 7) is 2.10. The number of hydrogen-bond acceptors (Lipinski definition) is 4. The molecule has 0 bridgehead atoms. The van der Waals surface area contributed by atoms with Gasteiger partial charge in [0.05, 0.1) is 12.3 Å². The van der Waals surface area contributed by atoms with Crippen LogP contribution in [0.4, 0.5) is 10.5 Å². The summed E-state index contributed by atoms with van der Waals surface area (Å²) in [5.41, 5.74) is 0.550. The summed E-state index contributed by atoms with van der Waals surface area (Å²) in [5.74, 6) is -1.70. The van der Waals surface area contributed by atoms with Crippen LogP contribution in [-0.4, -0.2) is 30.3 Å². The fourth-order valence-electron chi connectivity index (χ4n) is 1.68. The van der Waals surface area contributed by atoms with Crippen molar-refractivity contribution in [3.63, 3.8) is 0 Å². The number of carbonyl (C=O) groups is 1. The van der Waals surface area contributed by atoms with Gasteiger partial charge in [-0.15, -0.1) is 0 Å². The van der Waals surface area contributed by atoms with E-state index in [2.05, 4.69) is 0 Å². The minimum atomic E-state index is -1.70. The van der Waals surface area contributed by atoms with Gasteiger partial charge < -0.3 is 14.6 Å². The fraction of sp³-hybridized carbons (Fsp3) is 0.417. The van der Waals surface area contributed by atoms with Crippen molar-refractivity contribution in [3.8, 4) is 0 Å². The molecule has 1 aromatic rings. The Morgan fingerprint density at radius 2 is 2.18 bits per heavy atom. The average Bonchev–Trinajstić information content (AvgIpc) is 2.64. The molecule has 0 aromatic heterocycles. The van der Waals surface area contributed by atoms with Crippen molar-refractivity contribution < 1.29 is 19.4 Å². The van der Waals surface area contributed by atoms with Crippen LogP contribution < -0.4 is 4.90 Å². The second kappa shape index (κ2) is 4.73. The topological polar surface area (TPSA) is 59.0 Å². The number of cyclic esters (lactones) is 1. The Morgan fingerprint density at radius 1 is 1.47 bits per heavy atom. The molecule has 1 unspecified atom stereocenters. The van der Waals surface area contributed by atoms with Gasteiger partial charge in [-0.3, -0.25) is 0 Å². The molecule has 1 aliphatic rings. The summed E-state index contributed by atoms with van der Waals surface area (Å²) in [6.07, 6.45) is 0.147. The second-order valence-electron chi connectivity index (χ2n) is 3.82. The molecule has 1 N–H and O–H groups in total. The first kappa shape index (κ1) is 11.9. The Labute approximate surface area is 99.6 Å². The van der Waals surface area contributed by atoms with Crippen molar-refractivity contribution in [2.45, 2.75) is 19.3 Å². The van der Waals surface area contributed by atoms with Gasteiger partial charge in [0.1, 0.15) is 0 Å². The highest BCUT2D eigenvalue weighted by Crippen LogP contribution is 2.29. The highest BCUT2D eigenvalue weighted by atomic mass is 16.7. The number of aliphatic hydroxyl groups is 1. The molecule has 0 spiro atoms. The lowest BCUT2D eigenvalue weighted by molar-refractivity contribution is -0.197. The van der Waals surface area contributed by atoms with Gasteiger partial charge in [-0.25, -0.2) is 9.69 Å². The van der Waals surface area contributed by atoms with Gasteiger partial charge in [0.2, 0.25) is 0 Å². The van der Waals surface area contributed by atoms with E-state index in [9.17, 15) is 9.90 Å². The Kier molecular flexibility index (Phi) is 3.31. The molecule has 1 amide bonds. The Bertz CT molecular complexity index is 395. The van der Waals surface area contributed by atoms with Crippen LogP contribution in [0.25, 0.3) is 0 Å². The maximum Gasteiger partial charge on any atom is 0.418 e. The van der Waals surface area contributed by atoms with Crippen molar-refractivity contribution in [2.24, 2.45) is 0 Å². The molecular formula is C12H15NO4. The fourth-order valence-corrected chi connectivity index (χ4v) is 1.68. The molecule has 1 heterocycles. The molecule has 1 fully saturated rings. The van der Waals surface area contributed by atoms with Gasteiger partial charge in [-0.1, -0.05) is 25.1 Å². The predicted octanol–water partition coefficient (Wildman–Crippen LogP) is 1.72. The first-order valence-electron chi connectivity index (χ1n) is 5.56. The van der Waals surface area contributed by atoms with Crippen LogP contribution in [0.5, 0.6) is 0 Å². The molecule has 1 aliphatic heterocycles. The van der Waals surface area contributed by atoms with E-state index in [4.69, 9.17) is 9.47 Å². The number of anilines is 1. The van der Waals surface area contributed by atoms with Crippen LogP contribution in [0.15, 0.2) is 30.3 Å². The second-order valence-corrected chi connectivity index (χ2v) is 3.82. The van der Waals surface area contributed by atoms with Crippen LogP contribution in [-0.2, 0) is 9.47 Å². The van der Waals surface area contributed by atoms with Crippen LogP contribution in [0.3, 0.4) is 0 Å². The average molecular weight is 237 g/mol. The number of nitrogens with zero attached hydrogens (tertiary/aromatic N) is 1. The van der Waals surface area contributed by atoms with Gasteiger partial charge in [0.25, 0.3) is 5.91 Å². The number of rotatable bonds is 4. The summed E-state index contributed by atoms with van der Waals surface area (Å²) < 4.78 is 10.2. The molecule has 17 heavy (non-hydrogen) atoms. The maximum atomic E-state index is 11.6. The van der Waals surface area contributed by atoms with E-state index >= 15 is 0 Å². The molecule has 1 saturated heterocycles. The van der Waals surface area contributed by atoms with E-state index in [1.807, 2.05) is 13.0 Å². The number of benzene rings is 1. The van der Waals surface area contributed by atoms with Gasteiger partial charge in [0, 0.05) is 0 Å². The Balaban J connectivity index is 2.25. The lowest BCUT2D eigenvalue weighted by Crippen LogP contribution is -2.50. The van der Waals surface area contributed by atoms with Crippen LogP contribution in [0.1, 0.15) is 13.3 Å². The quantitative estimate of drug-likeness (QED) is 0.810. The first-order valence-corrected chi connectivity index (χ1v) is 5.56. The van der Waals surface area contributed by atoms with E-state index in [-0.39, 0.29) is 6.61 Å². The summed E-state index contributed by atoms with van der Waals surface area (Å²) in [7, 11) is 0. The Morgan fingerprint density at radius 3 is 2.82 bits per heavy atom. The van der Waals surface area contributed by atoms with Crippen LogP contribution in [0, 0.1) is 0 Å². The van der Waals surface area contributed by atoms with Crippen molar-refractivity contribution in [3.05, 3.63) is 30.3 Å². The highest BCUT2D eigenvalue weighted by Gasteiger charge is 2.48. The van der Waals surface area contributed by atoms with Gasteiger partial charge in [0.15, 0.2) is 6.61 Å². The maximum absolute atomic E-state index is 11.6. The number of ether oxygens (including phenoxy) is 2. The molecule has 0 aliphatic carbocycles. The van der Waals surface area contributed by atoms with E-state index < -0.39 is 12.0 Å². The van der Waals surface area contributed by atoms with Gasteiger partial charge >= 0.3 is 6.09 Å². The molecule has 2 rings (SSSR count). The van der Waals surface area contributed by atoms with E-state index in [1.165, 1.54) is 0 Å². The summed E-state index contributed by atoms with van der Waals surface area (Å²) in [6, 6.07) is 8.82. The summed E-state index contributed by atoms with van der Waals surface area (Å²) in [5, 5.41) is 10.3. The third-order valence-corrected chi connectivity index (χ3v) is 2.47. The van der Waals surface area contributed by atoms with Gasteiger partial charge in [-0.2, -0.15) is 0 Å². The third-order valence-electron chi connectivity index (χ3n) is 2.47. The normalized spacial score (nSPS) is 23.9. The monoisotopic (exact) mass is 237 g/mol. The van der Waals surface area contributed by atoms with Gasteiger partial charge in [-0.05, 0) is 18.6 Å². The van der Waals surface area contributed by atoms with Crippen LogP contribution in [0.2, 0.25) is 0 Å². The minimum Gasteiger partial charge on any atom is -0.441 e. The van der Waals surface area contributed by atoms with Crippen molar-refractivity contribution >= 4 is 11.8 Å².